The van der Waals surface area contributed by atoms with Crippen LogP contribution in [0.5, 0.6) is 0 Å². The highest BCUT2D eigenvalue weighted by atomic mass is 16.6. The number of ether oxygens (including phenoxy) is 2. The van der Waals surface area contributed by atoms with Gasteiger partial charge in [-0.1, -0.05) is 13.3 Å². The summed E-state index contributed by atoms with van der Waals surface area (Å²) in [5, 5.41) is 2.84. The molecule has 0 aromatic carbocycles. The molecular formula is C14H21N3O3. The molecule has 6 nitrogen and oxygen atoms in total. The number of aromatic nitrogens is 1. The van der Waals surface area contributed by atoms with E-state index in [4.69, 9.17) is 15.2 Å². The fraction of sp³-hybridized carbons (Fsp3) is 0.571. The van der Waals surface area contributed by atoms with Gasteiger partial charge in [-0.2, -0.15) is 0 Å². The van der Waals surface area contributed by atoms with E-state index < -0.39 is 0 Å². The van der Waals surface area contributed by atoms with Crippen LogP contribution < -0.4 is 11.1 Å². The molecule has 0 aliphatic carbocycles. The van der Waals surface area contributed by atoms with Gasteiger partial charge in [-0.05, 0) is 18.6 Å². The lowest BCUT2D eigenvalue weighted by molar-refractivity contribution is -0.0855. The molecule has 1 atom stereocenters. The Hall–Kier alpha value is -1.66. The van der Waals surface area contributed by atoms with Gasteiger partial charge in [-0.15, -0.1) is 0 Å². The molecular weight excluding hydrogens is 258 g/mol. The van der Waals surface area contributed by atoms with E-state index >= 15 is 0 Å². The van der Waals surface area contributed by atoms with Crippen LogP contribution in [0.25, 0.3) is 0 Å². The lowest BCUT2D eigenvalue weighted by Crippen LogP contribution is -2.39. The van der Waals surface area contributed by atoms with Crippen molar-refractivity contribution in [2.75, 3.05) is 32.1 Å². The number of nitrogens with two attached hydrogens (primary N) is 1. The Morgan fingerprint density at radius 3 is 3.05 bits per heavy atom. The average Bonchev–Trinajstić information content (AvgIpc) is 2.45. The zero-order valence-electron chi connectivity index (χ0n) is 11.7. The molecule has 0 bridgehead atoms. The molecule has 0 spiro atoms. The summed E-state index contributed by atoms with van der Waals surface area (Å²) in [7, 11) is 0. The quantitative estimate of drug-likeness (QED) is 0.831. The number of nitrogens with one attached hydrogen (secondary N) is 1. The first kappa shape index (κ1) is 14.7. The van der Waals surface area contributed by atoms with Gasteiger partial charge in [0, 0.05) is 17.8 Å². The van der Waals surface area contributed by atoms with Crippen molar-refractivity contribution in [1.82, 2.24) is 10.3 Å². The lowest BCUT2D eigenvalue weighted by atomic mass is 10.1. The fourth-order valence-electron chi connectivity index (χ4n) is 2.09. The van der Waals surface area contributed by atoms with E-state index in [1.165, 1.54) is 0 Å². The van der Waals surface area contributed by atoms with E-state index in [0.717, 1.165) is 18.5 Å². The van der Waals surface area contributed by atoms with E-state index in [0.29, 0.717) is 37.7 Å². The Kier molecular flexibility index (Phi) is 5.31. The Morgan fingerprint density at radius 2 is 2.35 bits per heavy atom. The van der Waals surface area contributed by atoms with Gasteiger partial charge >= 0.3 is 0 Å². The zero-order chi connectivity index (χ0) is 14.4. The Bertz CT molecular complexity index is 459. The molecule has 0 radical (unpaired) electrons. The first-order valence-corrected chi connectivity index (χ1v) is 6.93. The maximum atomic E-state index is 12.1. The van der Waals surface area contributed by atoms with Gasteiger partial charge < -0.3 is 20.5 Å². The molecule has 110 valence electrons. The molecule has 1 saturated heterocycles. The largest absolute Gasteiger partial charge is 0.384 e. The van der Waals surface area contributed by atoms with Crippen LogP contribution in [0, 0.1) is 0 Å². The summed E-state index contributed by atoms with van der Waals surface area (Å²) < 4.78 is 10.8. The van der Waals surface area contributed by atoms with Crippen LogP contribution in [-0.4, -0.2) is 43.4 Å². The third kappa shape index (κ3) is 4.18. The number of anilines is 1. The Balaban J connectivity index is 1.93. The SMILES string of the molecule is CCCc1cc(C(=O)NCC2COCCO2)cc(N)n1. The monoisotopic (exact) mass is 279 g/mol. The van der Waals surface area contributed by atoms with Crippen molar-refractivity contribution in [3.8, 4) is 0 Å². The second-order valence-electron chi connectivity index (χ2n) is 4.80. The molecule has 0 saturated carbocycles. The maximum Gasteiger partial charge on any atom is 0.251 e. The molecule has 1 aromatic rings. The molecule has 1 fully saturated rings. The minimum atomic E-state index is -0.161. The second kappa shape index (κ2) is 7.21. The normalized spacial score (nSPS) is 18.8. The number of hydrogen-bond donors (Lipinski definition) is 2. The molecule has 1 aliphatic rings. The van der Waals surface area contributed by atoms with E-state index in [1.807, 2.05) is 0 Å². The molecule has 1 unspecified atom stereocenters. The number of pyridine rings is 1. The van der Waals surface area contributed by atoms with Gasteiger partial charge in [0.05, 0.1) is 25.9 Å². The van der Waals surface area contributed by atoms with Crippen molar-refractivity contribution in [3.05, 3.63) is 23.4 Å². The van der Waals surface area contributed by atoms with Crippen molar-refractivity contribution < 1.29 is 14.3 Å². The Labute approximate surface area is 118 Å². The molecule has 20 heavy (non-hydrogen) atoms. The van der Waals surface area contributed by atoms with Gasteiger partial charge in [0.15, 0.2) is 0 Å². The van der Waals surface area contributed by atoms with Crippen LogP contribution in [0.2, 0.25) is 0 Å². The summed E-state index contributed by atoms with van der Waals surface area (Å²) in [5.74, 6) is 0.212. The van der Waals surface area contributed by atoms with Crippen molar-refractivity contribution in [3.63, 3.8) is 0 Å². The summed E-state index contributed by atoms with van der Waals surface area (Å²) in [6, 6.07) is 3.38. The minimum absolute atomic E-state index is 0.0815. The third-order valence-electron chi connectivity index (χ3n) is 3.04. The molecule has 1 aromatic heterocycles. The number of hydrogen-bond acceptors (Lipinski definition) is 5. The van der Waals surface area contributed by atoms with Gasteiger partial charge in [0.2, 0.25) is 0 Å². The van der Waals surface area contributed by atoms with Crippen molar-refractivity contribution in [1.29, 1.82) is 0 Å². The van der Waals surface area contributed by atoms with E-state index in [2.05, 4.69) is 17.2 Å². The second-order valence-corrected chi connectivity index (χ2v) is 4.80. The standard InChI is InChI=1S/C14H21N3O3/c1-2-3-11-6-10(7-13(15)17-11)14(18)16-8-12-9-19-4-5-20-12/h6-7,12H,2-5,8-9H2,1H3,(H2,15,17)(H,16,18). The molecule has 3 N–H and O–H groups in total. The highest BCUT2D eigenvalue weighted by Gasteiger charge is 2.16. The molecule has 2 rings (SSSR count). The summed E-state index contributed by atoms with van der Waals surface area (Å²) in [6.45, 7) is 4.20. The van der Waals surface area contributed by atoms with Gasteiger partial charge in [0.1, 0.15) is 5.82 Å². The molecule has 2 heterocycles. The Morgan fingerprint density at radius 1 is 1.50 bits per heavy atom. The highest BCUT2D eigenvalue weighted by molar-refractivity contribution is 5.94. The third-order valence-corrected chi connectivity index (χ3v) is 3.04. The van der Waals surface area contributed by atoms with Crippen LogP contribution in [0.3, 0.4) is 0 Å². The fourth-order valence-corrected chi connectivity index (χ4v) is 2.09. The van der Waals surface area contributed by atoms with Gasteiger partial charge in [-0.3, -0.25) is 4.79 Å². The summed E-state index contributed by atoms with van der Waals surface area (Å²) in [5.41, 5.74) is 7.11. The summed E-state index contributed by atoms with van der Waals surface area (Å²) >= 11 is 0. The average molecular weight is 279 g/mol. The zero-order valence-corrected chi connectivity index (χ0v) is 11.7. The maximum absolute atomic E-state index is 12.1. The topological polar surface area (TPSA) is 86.5 Å². The molecule has 1 amide bonds. The highest BCUT2D eigenvalue weighted by Crippen LogP contribution is 2.10. The first-order chi connectivity index (χ1) is 9.69. The number of aryl methyl sites for hydroxylation is 1. The number of carbonyl (C=O) groups excluding carboxylic acids is 1. The number of rotatable bonds is 5. The van der Waals surface area contributed by atoms with Gasteiger partial charge in [-0.25, -0.2) is 4.98 Å². The van der Waals surface area contributed by atoms with Crippen LogP contribution in [-0.2, 0) is 15.9 Å². The number of amides is 1. The van der Waals surface area contributed by atoms with Crippen LogP contribution in [0.1, 0.15) is 29.4 Å². The van der Waals surface area contributed by atoms with E-state index in [9.17, 15) is 4.79 Å². The number of nitrogen functional groups attached to an aromatic ring is 1. The summed E-state index contributed by atoms with van der Waals surface area (Å²) in [4.78, 5) is 16.3. The van der Waals surface area contributed by atoms with Gasteiger partial charge in [0.25, 0.3) is 5.91 Å². The van der Waals surface area contributed by atoms with Crippen molar-refractivity contribution >= 4 is 11.7 Å². The van der Waals surface area contributed by atoms with E-state index in [-0.39, 0.29) is 12.0 Å². The van der Waals surface area contributed by atoms with Crippen LogP contribution >= 0.6 is 0 Å². The number of carbonyl (C=O) groups is 1. The predicted molar refractivity (Wildman–Crippen MR) is 75.5 cm³/mol. The number of nitrogens with zero attached hydrogens (tertiary/aromatic N) is 1. The molecule has 6 heteroatoms. The van der Waals surface area contributed by atoms with Crippen molar-refractivity contribution in [2.45, 2.75) is 25.9 Å². The first-order valence-electron chi connectivity index (χ1n) is 6.93. The van der Waals surface area contributed by atoms with E-state index in [1.54, 1.807) is 12.1 Å². The van der Waals surface area contributed by atoms with Crippen LogP contribution in [0.15, 0.2) is 12.1 Å². The smallest absolute Gasteiger partial charge is 0.251 e. The van der Waals surface area contributed by atoms with Crippen LogP contribution in [0.4, 0.5) is 5.82 Å². The predicted octanol–water partition coefficient (Wildman–Crippen LogP) is 0.761. The lowest BCUT2D eigenvalue weighted by Gasteiger charge is -2.23. The minimum Gasteiger partial charge on any atom is -0.384 e. The summed E-state index contributed by atoms with van der Waals surface area (Å²) in [6.07, 6.45) is 1.69. The van der Waals surface area contributed by atoms with Crippen molar-refractivity contribution in [2.24, 2.45) is 0 Å². The molecule has 1 aliphatic heterocycles.